The average molecular weight is 634 g/mol. The first kappa shape index (κ1) is 31.4. The number of esters is 3. The lowest BCUT2D eigenvalue weighted by molar-refractivity contribution is -0.141. The highest BCUT2D eigenvalue weighted by Crippen LogP contribution is 2.38. The number of thiazole rings is 1. The van der Waals surface area contributed by atoms with E-state index in [4.69, 9.17) is 14.2 Å². The van der Waals surface area contributed by atoms with E-state index in [2.05, 4.69) is 10.3 Å². The van der Waals surface area contributed by atoms with Gasteiger partial charge in [0.15, 0.2) is 4.80 Å². The zero-order valence-electron chi connectivity index (χ0n) is 23.5. The molecule has 0 fully saturated rings. The van der Waals surface area contributed by atoms with Crippen LogP contribution >= 0.6 is 34.4 Å². The molecule has 2 heterocycles. The number of carbonyl (C=O) groups is 5. The number of thioether (sulfide) groups is 1. The van der Waals surface area contributed by atoms with Crippen molar-refractivity contribution in [3.8, 4) is 0 Å². The summed E-state index contributed by atoms with van der Waals surface area (Å²) in [4.78, 5) is 67.8. The van der Waals surface area contributed by atoms with Crippen molar-refractivity contribution < 1.29 is 38.2 Å². The Hall–Kier alpha value is -3.49. The van der Waals surface area contributed by atoms with Crippen molar-refractivity contribution in [2.75, 3.05) is 37.6 Å². The van der Waals surface area contributed by atoms with Gasteiger partial charge in [0, 0.05) is 4.88 Å². The van der Waals surface area contributed by atoms with E-state index < -0.39 is 23.8 Å². The first-order valence-corrected chi connectivity index (χ1v) is 16.1. The molecule has 2 amide bonds. The zero-order chi connectivity index (χ0) is 30.2. The average Bonchev–Trinajstić information content (AvgIpc) is 3.38. The number of hydrogen-bond donors (Lipinski definition) is 1. The van der Waals surface area contributed by atoms with Crippen molar-refractivity contribution in [2.45, 2.75) is 45.6 Å². The van der Waals surface area contributed by atoms with Crippen molar-refractivity contribution >= 4 is 79.4 Å². The summed E-state index contributed by atoms with van der Waals surface area (Å²) in [5, 5.41) is 3.34. The number of nitrogens with zero attached hydrogens (tertiary/aromatic N) is 2. The van der Waals surface area contributed by atoms with Crippen LogP contribution in [0.15, 0.2) is 23.2 Å². The Morgan fingerprint density at radius 1 is 1.00 bits per heavy atom. The number of ether oxygens (including phenoxy) is 3. The number of fused-ring (bicyclic) bond motifs is 2. The van der Waals surface area contributed by atoms with E-state index in [0.717, 1.165) is 65.6 Å². The second-order valence-corrected chi connectivity index (χ2v) is 12.4. The summed E-state index contributed by atoms with van der Waals surface area (Å²) in [6.45, 7) is 1.81. The van der Waals surface area contributed by atoms with Gasteiger partial charge in [0.05, 0.1) is 53.7 Å². The van der Waals surface area contributed by atoms with E-state index in [9.17, 15) is 24.0 Å². The molecule has 1 N–H and O–H groups in total. The standard InChI is InChI=1S/C28H31N3O8S3/c1-4-39-27(36)24-17-8-6-5-7-9-19(17)41-25(24)29-21(32)14-40-15-22(33)30-28-31(13-23(34)37-2)18-11-10-16(26(35)38-3)12-20(18)42-28/h10-12H,4-9,13-15H2,1-3H3,(H,29,32). The molecule has 2 aromatic heterocycles. The maximum absolute atomic E-state index is 12.8. The zero-order valence-corrected chi connectivity index (χ0v) is 25.9. The SMILES string of the molecule is CCOC(=O)c1c(NC(=O)CSCC(=O)N=c2sc3cc(C(=O)OC)ccc3n2CC(=O)OC)sc2c1CCCCC2. The van der Waals surface area contributed by atoms with Crippen LogP contribution in [0.1, 0.15) is 57.3 Å². The van der Waals surface area contributed by atoms with Gasteiger partial charge in [-0.05, 0) is 56.4 Å². The van der Waals surface area contributed by atoms with Crippen LogP contribution in [0.5, 0.6) is 0 Å². The number of aryl methyl sites for hydroxylation is 1. The number of amides is 2. The van der Waals surface area contributed by atoms with Gasteiger partial charge >= 0.3 is 17.9 Å². The van der Waals surface area contributed by atoms with Crippen LogP contribution < -0.4 is 10.1 Å². The number of nitrogens with one attached hydrogen (secondary N) is 1. The number of anilines is 1. The Kier molecular flexibility index (Phi) is 10.9. The second-order valence-electron chi connectivity index (χ2n) is 9.26. The molecule has 14 heteroatoms. The lowest BCUT2D eigenvalue weighted by Crippen LogP contribution is -2.23. The summed E-state index contributed by atoms with van der Waals surface area (Å²) in [5.74, 6) is -2.42. The molecule has 1 aliphatic carbocycles. The highest BCUT2D eigenvalue weighted by molar-refractivity contribution is 8.00. The molecular weight excluding hydrogens is 603 g/mol. The van der Waals surface area contributed by atoms with E-state index in [1.807, 2.05) is 0 Å². The van der Waals surface area contributed by atoms with Gasteiger partial charge < -0.3 is 24.1 Å². The lowest BCUT2D eigenvalue weighted by Gasteiger charge is -2.08. The molecule has 0 saturated heterocycles. The molecule has 0 bridgehead atoms. The lowest BCUT2D eigenvalue weighted by atomic mass is 10.1. The highest BCUT2D eigenvalue weighted by Gasteiger charge is 2.26. The third kappa shape index (κ3) is 7.47. The molecule has 0 unspecified atom stereocenters. The number of benzene rings is 1. The molecule has 1 aliphatic rings. The third-order valence-corrected chi connectivity index (χ3v) is 9.62. The smallest absolute Gasteiger partial charge is 0.341 e. The van der Waals surface area contributed by atoms with E-state index in [0.29, 0.717) is 26.3 Å². The fraction of sp³-hybridized carbons (Fsp3) is 0.429. The number of rotatable bonds is 10. The van der Waals surface area contributed by atoms with Gasteiger partial charge in [0.2, 0.25) is 5.91 Å². The van der Waals surface area contributed by atoms with Crippen LogP contribution in [0.3, 0.4) is 0 Å². The van der Waals surface area contributed by atoms with Crippen LogP contribution in [0, 0.1) is 0 Å². The number of carbonyl (C=O) groups excluding carboxylic acids is 5. The van der Waals surface area contributed by atoms with Crippen LogP contribution in [-0.4, -0.2) is 66.6 Å². The normalized spacial score (nSPS) is 13.3. The molecular formula is C28H31N3O8S3. The summed E-state index contributed by atoms with van der Waals surface area (Å²) in [6.07, 6.45) is 4.76. The topological polar surface area (TPSA) is 142 Å². The summed E-state index contributed by atoms with van der Waals surface area (Å²) < 4.78 is 17.0. The third-order valence-electron chi connectivity index (χ3n) is 6.45. The molecule has 0 atom stereocenters. The van der Waals surface area contributed by atoms with Crippen LogP contribution in [0.4, 0.5) is 5.00 Å². The Morgan fingerprint density at radius 3 is 2.52 bits per heavy atom. The molecule has 0 saturated carbocycles. The Bertz CT molecular complexity index is 1590. The van der Waals surface area contributed by atoms with Gasteiger partial charge in [-0.2, -0.15) is 4.99 Å². The van der Waals surface area contributed by atoms with Gasteiger partial charge in [-0.1, -0.05) is 17.8 Å². The molecule has 1 aromatic carbocycles. The van der Waals surface area contributed by atoms with Crippen LogP contribution in [0.2, 0.25) is 0 Å². The fourth-order valence-electron chi connectivity index (χ4n) is 4.53. The van der Waals surface area contributed by atoms with Crippen LogP contribution in [-0.2, 0) is 48.0 Å². The van der Waals surface area contributed by atoms with E-state index in [1.165, 1.54) is 25.6 Å². The van der Waals surface area contributed by atoms with Crippen molar-refractivity contribution in [3.63, 3.8) is 0 Å². The van der Waals surface area contributed by atoms with E-state index in [1.54, 1.807) is 29.7 Å². The number of thiophene rings is 1. The highest BCUT2D eigenvalue weighted by atomic mass is 32.2. The minimum Gasteiger partial charge on any atom is -0.468 e. The van der Waals surface area contributed by atoms with Gasteiger partial charge in [-0.25, -0.2) is 9.59 Å². The number of aromatic nitrogens is 1. The summed E-state index contributed by atoms with van der Waals surface area (Å²) in [5.41, 5.74) is 2.33. The van der Waals surface area contributed by atoms with Crippen LogP contribution in [0.25, 0.3) is 10.2 Å². The predicted octanol–water partition coefficient (Wildman–Crippen LogP) is 3.97. The minimum absolute atomic E-state index is 0.0246. The summed E-state index contributed by atoms with van der Waals surface area (Å²) in [7, 11) is 2.54. The number of hydrogen-bond acceptors (Lipinski definition) is 11. The van der Waals surface area contributed by atoms with Gasteiger partial charge in [0.1, 0.15) is 11.5 Å². The molecule has 0 spiro atoms. The Labute approximate surface area is 254 Å². The molecule has 224 valence electrons. The summed E-state index contributed by atoms with van der Waals surface area (Å²) >= 11 is 3.64. The molecule has 42 heavy (non-hydrogen) atoms. The minimum atomic E-state index is -0.528. The molecule has 11 nitrogen and oxygen atoms in total. The van der Waals surface area contributed by atoms with Crippen molar-refractivity contribution in [1.29, 1.82) is 0 Å². The van der Waals surface area contributed by atoms with Gasteiger partial charge in [-0.15, -0.1) is 23.1 Å². The summed E-state index contributed by atoms with van der Waals surface area (Å²) in [6, 6.07) is 4.82. The Morgan fingerprint density at radius 2 is 1.79 bits per heavy atom. The van der Waals surface area contributed by atoms with Crippen molar-refractivity contribution in [3.05, 3.63) is 44.6 Å². The molecule has 4 rings (SSSR count). The molecule has 3 aromatic rings. The van der Waals surface area contributed by atoms with E-state index in [-0.39, 0.29) is 35.4 Å². The first-order chi connectivity index (χ1) is 20.2. The van der Waals surface area contributed by atoms with Crippen molar-refractivity contribution in [1.82, 2.24) is 4.57 Å². The van der Waals surface area contributed by atoms with Gasteiger partial charge in [-0.3, -0.25) is 14.4 Å². The molecule has 0 radical (unpaired) electrons. The maximum Gasteiger partial charge on any atom is 0.341 e. The molecule has 0 aliphatic heterocycles. The maximum atomic E-state index is 12.8. The van der Waals surface area contributed by atoms with Gasteiger partial charge in [0.25, 0.3) is 5.91 Å². The predicted molar refractivity (Wildman–Crippen MR) is 161 cm³/mol. The monoisotopic (exact) mass is 633 g/mol. The fourth-order valence-corrected chi connectivity index (χ4v) is 7.51. The first-order valence-electron chi connectivity index (χ1n) is 13.3. The number of methoxy groups -OCH3 is 2. The largest absolute Gasteiger partial charge is 0.468 e. The van der Waals surface area contributed by atoms with Crippen molar-refractivity contribution in [2.24, 2.45) is 4.99 Å². The van der Waals surface area contributed by atoms with E-state index >= 15 is 0 Å². The Balaban J connectivity index is 1.46. The quantitative estimate of drug-likeness (QED) is 0.199. The second kappa shape index (κ2) is 14.6.